The van der Waals surface area contributed by atoms with Gasteiger partial charge in [-0.1, -0.05) is 28.1 Å². The number of hydrogen-bond donors (Lipinski definition) is 1. The van der Waals surface area contributed by atoms with Gasteiger partial charge in [-0.2, -0.15) is 0 Å². The molecule has 2 rings (SSSR count). The fraction of sp³-hybridized carbons (Fsp3) is 0.267. The van der Waals surface area contributed by atoms with Crippen molar-refractivity contribution in [1.82, 2.24) is 4.98 Å². The van der Waals surface area contributed by atoms with Crippen molar-refractivity contribution in [3.8, 4) is 5.75 Å². The lowest BCUT2D eigenvalue weighted by molar-refractivity contribution is 0.0502. The van der Waals surface area contributed by atoms with Crippen molar-refractivity contribution in [2.24, 2.45) is 0 Å². The number of rotatable bonds is 4. The van der Waals surface area contributed by atoms with E-state index in [2.05, 4.69) is 20.9 Å². The molecule has 0 bridgehead atoms. The summed E-state index contributed by atoms with van der Waals surface area (Å²) in [6, 6.07) is 11.5. The first kappa shape index (κ1) is 14.0. The van der Waals surface area contributed by atoms with Crippen LogP contribution in [0.1, 0.15) is 18.2 Å². The third-order valence-electron chi connectivity index (χ3n) is 2.96. The van der Waals surface area contributed by atoms with Crippen molar-refractivity contribution in [2.45, 2.75) is 18.9 Å². The molecule has 0 amide bonds. The van der Waals surface area contributed by atoms with Crippen LogP contribution < -0.4 is 4.74 Å². The second-order valence-electron chi connectivity index (χ2n) is 4.63. The molecular weight excluding hydrogens is 306 g/mol. The molecule has 0 saturated carbocycles. The Labute approximate surface area is 121 Å². The van der Waals surface area contributed by atoms with Crippen LogP contribution in [0.4, 0.5) is 0 Å². The molecule has 1 N–H and O–H groups in total. The van der Waals surface area contributed by atoms with Gasteiger partial charge in [-0.25, -0.2) is 0 Å². The molecule has 1 unspecified atom stereocenters. The normalized spacial score (nSPS) is 13.9. The van der Waals surface area contributed by atoms with Crippen LogP contribution in [0.2, 0.25) is 0 Å². The van der Waals surface area contributed by atoms with Gasteiger partial charge in [0.25, 0.3) is 0 Å². The molecule has 4 heteroatoms. The number of hydrogen-bond acceptors (Lipinski definition) is 3. The lowest BCUT2D eigenvalue weighted by atomic mass is 9.92. The molecule has 1 atom stereocenters. The van der Waals surface area contributed by atoms with Crippen LogP contribution in [-0.4, -0.2) is 17.2 Å². The fourth-order valence-corrected chi connectivity index (χ4v) is 2.31. The summed E-state index contributed by atoms with van der Waals surface area (Å²) < 4.78 is 6.28. The first-order valence-corrected chi connectivity index (χ1v) is 6.78. The minimum atomic E-state index is -1.07. The minimum absolute atomic E-state index is 0.480. The van der Waals surface area contributed by atoms with E-state index in [0.717, 1.165) is 10.0 Å². The van der Waals surface area contributed by atoms with Crippen molar-refractivity contribution in [3.05, 3.63) is 58.3 Å². The Morgan fingerprint density at radius 2 is 1.95 bits per heavy atom. The Morgan fingerprint density at radius 3 is 2.58 bits per heavy atom. The maximum Gasteiger partial charge on any atom is 0.143 e. The SMILES string of the molecule is COc1cccnc1C(C)(O)Cc1ccc(Br)cc1. The average molecular weight is 322 g/mol. The summed E-state index contributed by atoms with van der Waals surface area (Å²) in [5.74, 6) is 0.601. The standard InChI is InChI=1S/C15H16BrNO2/c1-15(18,10-11-5-7-12(16)8-6-11)14-13(19-2)4-3-9-17-14/h3-9,18H,10H2,1-2H3. The van der Waals surface area contributed by atoms with Crippen LogP contribution >= 0.6 is 15.9 Å². The maximum absolute atomic E-state index is 10.7. The number of aromatic nitrogens is 1. The Bertz CT molecular complexity index is 552. The highest BCUT2D eigenvalue weighted by Gasteiger charge is 2.28. The van der Waals surface area contributed by atoms with Gasteiger partial charge >= 0.3 is 0 Å². The molecule has 1 aromatic heterocycles. The number of pyridine rings is 1. The minimum Gasteiger partial charge on any atom is -0.495 e. The highest BCUT2D eigenvalue weighted by molar-refractivity contribution is 9.10. The molecule has 0 spiro atoms. The summed E-state index contributed by atoms with van der Waals surface area (Å²) in [6.45, 7) is 1.75. The van der Waals surface area contributed by atoms with Crippen molar-refractivity contribution < 1.29 is 9.84 Å². The Kier molecular flexibility index (Phi) is 4.22. The number of nitrogens with zero attached hydrogens (tertiary/aromatic N) is 1. The molecule has 0 aliphatic carbocycles. The predicted octanol–water partition coefficient (Wildman–Crippen LogP) is 3.30. The van der Waals surface area contributed by atoms with E-state index < -0.39 is 5.60 Å². The highest BCUT2D eigenvalue weighted by atomic mass is 79.9. The molecule has 0 fully saturated rings. The number of halogens is 1. The van der Waals surface area contributed by atoms with E-state index >= 15 is 0 Å². The van der Waals surface area contributed by atoms with Gasteiger partial charge in [-0.05, 0) is 36.8 Å². The van der Waals surface area contributed by atoms with Crippen molar-refractivity contribution in [3.63, 3.8) is 0 Å². The number of aliphatic hydroxyl groups is 1. The van der Waals surface area contributed by atoms with Gasteiger partial charge in [0.05, 0.1) is 7.11 Å². The molecule has 0 aliphatic rings. The van der Waals surface area contributed by atoms with Crippen molar-refractivity contribution in [1.29, 1.82) is 0 Å². The molecule has 0 radical (unpaired) electrons. The van der Waals surface area contributed by atoms with Gasteiger partial charge in [0.15, 0.2) is 0 Å². The summed E-state index contributed by atoms with van der Waals surface area (Å²) in [4.78, 5) is 4.25. The molecule has 100 valence electrons. The summed E-state index contributed by atoms with van der Waals surface area (Å²) in [5, 5.41) is 10.7. The Balaban J connectivity index is 2.29. The average Bonchev–Trinajstić information content (AvgIpc) is 2.41. The van der Waals surface area contributed by atoms with Crippen LogP contribution in [0.3, 0.4) is 0 Å². The highest BCUT2D eigenvalue weighted by Crippen LogP contribution is 2.30. The molecule has 19 heavy (non-hydrogen) atoms. The van der Waals surface area contributed by atoms with Gasteiger partial charge in [0.1, 0.15) is 17.0 Å². The van der Waals surface area contributed by atoms with E-state index in [0.29, 0.717) is 17.9 Å². The smallest absolute Gasteiger partial charge is 0.143 e. The molecule has 2 aromatic rings. The first-order chi connectivity index (χ1) is 9.03. The van der Waals surface area contributed by atoms with Gasteiger partial charge in [0, 0.05) is 17.1 Å². The maximum atomic E-state index is 10.7. The largest absolute Gasteiger partial charge is 0.495 e. The fourth-order valence-electron chi connectivity index (χ4n) is 2.04. The van der Waals surface area contributed by atoms with Crippen LogP contribution in [0, 0.1) is 0 Å². The molecule has 1 aromatic carbocycles. The molecule has 0 aliphatic heterocycles. The van der Waals surface area contributed by atoms with Crippen molar-refractivity contribution >= 4 is 15.9 Å². The van der Waals surface area contributed by atoms with Gasteiger partial charge in [0.2, 0.25) is 0 Å². The van der Waals surface area contributed by atoms with Crippen LogP contribution in [-0.2, 0) is 12.0 Å². The predicted molar refractivity (Wildman–Crippen MR) is 78.2 cm³/mol. The topological polar surface area (TPSA) is 42.4 Å². The third-order valence-corrected chi connectivity index (χ3v) is 3.49. The number of ether oxygens (including phenoxy) is 1. The van der Waals surface area contributed by atoms with Gasteiger partial charge in [-0.15, -0.1) is 0 Å². The third kappa shape index (κ3) is 3.33. The lowest BCUT2D eigenvalue weighted by Gasteiger charge is -2.24. The summed E-state index contributed by atoms with van der Waals surface area (Å²) in [5.41, 5.74) is 0.529. The van der Waals surface area contributed by atoms with Crippen LogP contribution in [0.5, 0.6) is 5.75 Å². The lowest BCUT2D eigenvalue weighted by Crippen LogP contribution is -2.26. The number of benzene rings is 1. The quantitative estimate of drug-likeness (QED) is 0.939. The van der Waals surface area contributed by atoms with Crippen LogP contribution in [0.25, 0.3) is 0 Å². The van der Waals surface area contributed by atoms with E-state index in [1.807, 2.05) is 24.3 Å². The van der Waals surface area contributed by atoms with E-state index in [1.54, 1.807) is 32.4 Å². The van der Waals surface area contributed by atoms with E-state index in [9.17, 15) is 5.11 Å². The van der Waals surface area contributed by atoms with E-state index in [4.69, 9.17) is 4.74 Å². The molecular formula is C15H16BrNO2. The Morgan fingerprint density at radius 1 is 1.26 bits per heavy atom. The monoisotopic (exact) mass is 321 g/mol. The zero-order valence-electron chi connectivity index (χ0n) is 10.9. The van der Waals surface area contributed by atoms with Gasteiger partial charge < -0.3 is 9.84 Å². The Hall–Kier alpha value is -1.39. The summed E-state index contributed by atoms with van der Waals surface area (Å²) in [6.07, 6.45) is 2.14. The van der Waals surface area contributed by atoms with Crippen molar-refractivity contribution in [2.75, 3.05) is 7.11 Å². The van der Waals surface area contributed by atoms with E-state index in [1.165, 1.54) is 0 Å². The van der Waals surface area contributed by atoms with E-state index in [-0.39, 0.29) is 0 Å². The number of methoxy groups -OCH3 is 1. The second-order valence-corrected chi connectivity index (χ2v) is 5.55. The summed E-state index contributed by atoms with van der Waals surface area (Å²) in [7, 11) is 1.58. The zero-order chi connectivity index (χ0) is 13.9. The zero-order valence-corrected chi connectivity index (χ0v) is 12.5. The second kappa shape index (κ2) is 5.72. The molecule has 3 nitrogen and oxygen atoms in total. The molecule has 0 saturated heterocycles. The molecule has 1 heterocycles. The van der Waals surface area contributed by atoms with Crippen LogP contribution in [0.15, 0.2) is 47.1 Å². The summed E-state index contributed by atoms with van der Waals surface area (Å²) >= 11 is 3.40. The first-order valence-electron chi connectivity index (χ1n) is 5.99. The van der Waals surface area contributed by atoms with Gasteiger partial charge in [-0.3, -0.25) is 4.98 Å².